The van der Waals surface area contributed by atoms with Gasteiger partial charge in [-0.15, -0.1) is 11.3 Å². The fourth-order valence-electron chi connectivity index (χ4n) is 4.15. The summed E-state index contributed by atoms with van der Waals surface area (Å²) in [6, 6.07) is 21.7. The molecule has 188 valence electrons. The Balaban J connectivity index is 1.26. The number of nitrogens with zero attached hydrogens (tertiary/aromatic N) is 4. The monoisotopic (exact) mass is 521 g/mol. The second-order valence-electron chi connectivity index (χ2n) is 8.54. The van der Waals surface area contributed by atoms with E-state index in [1.807, 2.05) is 66.9 Å². The van der Waals surface area contributed by atoms with Gasteiger partial charge in [-0.05, 0) is 55.5 Å². The summed E-state index contributed by atoms with van der Waals surface area (Å²) in [6.07, 6.45) is 3.41. The summed E-state index contributed by atoms with van der Waals surface area (Å²) in [5.74, 6) is 2.65. The van der Waals surface area contributed by atoms with Gasteiger partial charge in [-0.3, -0.25) is 0 Å². The van der Waals surface area contributed by atoms with E-state index in [2.05, 4.69) is 53.5 Å². The first-order valence-electron chi connectivity index (χ1n) is 12.0. The van der Waals surface area contributed by atoms with Gasteiger partial charge in [0.05, 0.1) is 16.5 Å². The Bertz CT molecular complexity index is 1730. The lowest BCUT2D eigenvalue weighted by Gasteiger charge is -2.16. The van der Waals surface area contributed by atoms with Gasteiger partial charge in [0.2, 0.25) is 17.6 Å². The number of aryl methyl sites for hydroxylation is 1. The van der Waals surface area contributed by atoms with Gasteiger partial charge in [0.25, 0.3) is 0 Å². The number of nitrogens with one attached hydrogen (secondary N) is 3. The van der Waals surface area contributed by atoms with E-state index in [1.165, 1.54) is 0 Å². The number of anilines is 2. The molecule has 1 aliphatic heterocycles. The van der Waals surface area contributed by atoms with Crippen LogP contribution in [-0.2, 0) is 0 Å². The molecule has 0 saturated carbocycles. The van der Waals surface area contributed by atoms with Crippen molar-refractivity contribution < 1.29 is 10.2 Å². The highest BCUT2D eigenvalue weighted by atomic mass is 32.1. The second-order valence-corrected chi connectivity index (χ2v) is 9.40. The number of fused-ring (bicyclic) bond motifs is 1. The number of pyridine rings is 1. The molecule has 3 aromatic heterocycles. The third-order valence-corrected chi connectivity index (χ3v) is 6.93. The van der Waals surface area contributed by atoms with Gasteiger partial charge >= 0.3 is 0 Å². The number of ether oxygens (including phenoxy) is 1. The molecule has 1 aliphatic rings. The third-order valence-electron chi connectivity index (χ3n) is 5.95. The maximum atomic E-state index is 6.15. The first-order chi connectivity index (χ1) is 18.7. The van der Waals surface area contributed by atoms with Crippen LogP contribution in [0, 0.1) is 6.92 Å². The Morgan fingerprint density at radius 2 is 1.74 bits per heavy atom. The van der Waals surface area contributed by atoms with E-state index < -0.39 is 0 Å². The number of nitrogens with two attached hydrogens (primary N) is 1. The van der Waals surface area contributed by atoms with Crippen LogP contribution >= 0.6 is 11.3 Å². The molecular weight excluding hydrogens is 496 g/mol. The number of hydrogen-bond acceptors (Lipinski definition) is 9. The average Bonchev–Trinajstić information content (AvgIpc) is 3.40. The number of aromatic nitrogens is 4. The molecule has 0 bridgehead atoms. The topological polar surface area (TPSA) is 113 Å². The summed E-state index contributed by atoms with van der Waals surface area (Å²) >= 11 is 1.64. The molecule has 0 amide bonds. The Morgan fingerprint density at radius 3 is 2.53 bits per heavy atom. The fourth-order valence-corrected chi connectivity index (χ4v) is 4.97. The van der Waals surface area contributed by atoms with E-state index in [4.69, 9.17) is 4.74 Å². The van der Waals surface area contributed by atoms with Crippen LogP contribution in [-0.4, -0.2) is 27.0 Å². The van der Waals surface area contributed by atoms with E-state index >= 15 is 0 Å². The van der Waals surface area contributed by atoms with E-state index in [-0.39, 0.29) is 0 Å². The first-order valence-corrected chi connectivity index (χ1v) is 12.9. The first kappa shape index (κ1) is 23.6. The van der Waals surface area contributed by atoms with Crippen LogP contribution in [0.3, 0.4) is 0 Å². The Hall–Kier alpha value is -4.80. The zero-order chi connectivity index (χ0) is 25.9. The summed E-state index contributed by atoms with van der Waals surface area (Å²) in [4.78, 5) is 17.8. The second kappa shape index (κ2) is 10.3. The highest BCUT2D eigenvalue weighted by Crippen LogP contribution is 2.31. The molecule has 0 saturated heterocycles. The lowest BCUT2D eigenvalue weighted by Crippen LogP contribution is -2.94. The predicted octanol–water partition coefficient (Wildman–Crippen LogP) is 2.55. The van der Waals surface area contributed by atoms with Crippen LogP contribution in [0.1, 0.15) is 10.7 Å². The third kappa shape index (κ3) is 4.77. The summed E-state index contributed by atoms with van der Waals surface area (Å²) < 4.78 is 6.15. The number of benzene rings is 2. The zero-order valence-corrected chi connectivity index (χ0v) is 21.6. The van der Waals surface area contributed by atoms with Crippen LogP contribution in [0.5, 0.6) is 11.6 Å². The highest BCUT2D eigenvalue weighted by molar-refractivity contribution is 7.10. The maximum absolute atomic E-state index is 6.15. The number of thiazole rings is 1. The SMILES string of the molecule is CNc1nccc(-c2cccnc2Oc2ccc(NC3=c4ccccc4=C(c4nc(C)cs4)N[NH2+]3)cc2)n1. The van der Waals surface area contributed by atoms with E-state index in [0.29, 0.717) is 17.6 Å². The van der Waals surface area contributed by atoms with Crippen molar-refractivity contribution in [3.8, 4) is 22.9 Å². The van der Waals surface area contributed by atoms with Gasteiger partial charge in [-0.1, -0.05) is 18.2 Å². The van der Waals surface area contributed by atoms with Gasteiger partial charge in [0.15, 0.2) is 0 Å². The number of quaternary nitrogens is 1. The lowest BCUT2D eigenvalue weighted by atomic mass is 10.1. The Morgan fingerprint density at radius 1 is 0.895 bits per heavy atom. The van der Waals surface area contributed by atoms with Crippen LogP contribution in [0.4, 0.5) is 11.6 Å². The van der Waals surface area contributed by atoms with Gasteiger partial charge in [0, 0.05) is 41.4 Å². The molecule has 2 aromatic carbocycles. The van der Waals surface area contributed by atoms with Crippen molar-refractivity contribution in [3.63, 3.8) is 0 Å². The molecule has 0 fully saturated rings. The maximum Gasteiger partial charge on any atom is 0.235 e. The van der Waals surface area contributed by atoms with Gasteiger partial charge in [-0.2, -0.15) is 5.43 Å². The largest absolute Gasteiger partial charge is 0.438 e. The quantitative estimate of drug-likeness (QED) is 0.242. The summed E-state index contributed by atoms with van der Waals surface area (Å²) in [5.41, 5.74) is 9.91. The standard InChI is InChI=1S/C28H24N8OS/c1-17-16-38-27(32-17)24-20-6-3-4-7-21(20)25(36-35-24)33-18-9-11-19(12-10-18)37-26-22(8-5-14-30-26)23-13-15-31-28(29-2)34-23/h3-16,33,35-36H,1-2H3,(H,29,31,34)/p+1. The van der Waals surface area contributed by atoms with Gasteiger partial charge < -0.3 is 15.4 Å². The number of hydrogen-bond donors (Lipinski definition) is 4. The van der Waals surface area contributed by atoms with Crippen LogP contribution in [0.25, 0.3) is 22.8 Å². The van der Waals surface area contributed by atoms with Crippen LogP contribution < -0.4 is 36.7 Å². The van der Waals surface area contributed by atoms with E-state index in [9.17, 15) is 0 Å². The minimum absolute atomic E-state index is 0.475. The van der Waals surface area contributed by atoms with Crippen molar-refractivity contribution in [1.82, 2.24) is 25.4 Å². The molecule has 6 rings (SSSR count). The van der Waals surface area contributed by atoms with Gasteiger partial charge in [0.1, 0.15) is 16.5 Å². The normalized spacial score (nSPS) is 12.5. The zero-order valence-electron chi connectivity index (χ0n) is 20.8. The van der Waals surface area contributed by atoms with Crippen molar-refractivity contribution in [2.24, 2.45) is 0 Å². The lowest BCUT2D eigenvalue weighted by molar-refractivity contribution is -0.614. The summed E-state index contributed by atoms with van der Waals surface area (Å²) in [5, 5.41) is 11.8. The Labute approximate surface area is 223 Å². The molecular formula is C28H25N8OS+. The molecule has 0 spiro atoms. The summed E-state index contributed by atoms with van der Waals surface area (Å²) in [6.45, 7) is 2.01. The van der Waals surface area contributed by atoms with Crippen molar-refractivity contribution in [1.29, 1.82) is 0 Å². The Kier molecular flexibility index (Phi) is 6.39. The molecule has 0 unspecified atom stereocenters. The van der Waals surface area contributed by atoms with Crippen molar-refractivity contribution in [2.45, 2.75) is 6.92 Å². The minimum Gasteiger partial charge on any atom is -0.438 e. The summed E-state index contributed by atoms with van der Waals surface area (Å²) in [7, 11) is 1.78. The van der Waals surface area contributed by atoms with Crippen molar-refractivity contribution >= 4 is 34.5 Å². The van der Waals surface area contributed by atoms with E-state index in [0.717, 1.165) is 49.6 Å². The molecule has 0 atom stereocenters. The smallest absolute Gasteiger partial charge is 0.235 e. The number of rotatable bonds is 7. The van der Waals surface area contributed by atoms with Crippen LogP contribution in [0.15, 0.2) is 84.5 Å². The molecule has 38 heavy (non-hydrogen) atoms. The highest BCUT2D eigenvalue weighted by Gasteiger charge is 2.18. The molecule has 5 aromatic rings. The molecule has 0 aliphatic carbocycles. The van der Waals surface area contributed by atoms with Crippen molar-refractivity contribution in [2.75, 3.05) is 17.7 Å². The average molecular weight is 522 g/mol. The van der Waals surface area contributed by atoms with E-state index in [1.54, 1.807) is 30.8 Å². The van der Waals surface area contributed by atoms with Gasteiger partial charge in [-0.25, -0.2) is 25.4 Å². The van der Waals surface area contributed by atoms with Crippen LogP contribution in [0.2, 0.25) is 0 Å². The molecule has 0 radical (unpaired) electrons. The predicted molar refractivity (Wildman–Crippen MR) is 148 cm³/mol. The minimum atomic E-state index is 0.475. The molecule has 4 heterocycles. The molecule has 5 N–H and O–H groups in total. The molecule has 9 nitrogen and oxygen atoms in total. The molecule has 10 heteroatoms. The van der Waals surface area contributed by atoms with Crippen molar-refractivity contribution in [3.05, 3.63) is 106 Å². The fraction of sp³-hybridized carbons (Fsp3) is 0.0714.